The van der Waals surface area contributed by atoms with Crippen LogP contribution in [0.2, 0.25) is 0 Å². The molecule has 1 heterocycles. The summed E-state index contributed by atoms with van der Waals surface area (Å²) in [6.07, 6.45) is 2.13. The summed E-state index contributed by atoms with van der Waals surface area (Å²) < 4.78 is 27.9. The summed E-state index contributed by atoms with van der Waals surface area (Å²) in [5.41, 5.74) is 1.97. The molecule has 0 saturated heterocycles. The standard InChI is InChI=1S/C21H22N4O4S/c1-29-19-7-3-2-6-18(19)25-20-17(5-4-13-23-20)21(26)24-14-12-15-8-10-16(11-9-15)30(22,27)28/h2-11,13H,12,14H2,1H3,(H,23,25)(H,24,26)(H2,22,27,28). The van der Waals surface area contributed by atoms with Crippen molar-refractivity contribution >= 4 is 27.4 Å². The van der Waals surface area contributed by atoms with Crippen molar-refractivity contribution in [3.63, 3.8) is 0 Å². The van der Waals surface area contributed by atoms with E-state index in [-0.39, 0.29) is 10.8 Å². The topological polar surface area (TPSA) is 123 Å². The Balaban J connectivity index is 1.65. The number of aromatic nitrogens is 1. The zero-order chi connectivity index (χ0) is 21.6. The van der Waals surface area contributed by atoms with E-state index in [1.54, 1.807) is 37.6 Å². The van der Waals surface area contributed by atoms with E-state index in [9.17, 15) is 13.2 Å². The molecule has 3 rings (SSSR count). The van der Waals surface area contributed by atoms with Crippen molar-refractivity contribution in [2.75, 3.05) is 19.0 Å². The molecule has 0 spiro atoms. The van der Waals surface area contributed by atoms with E-state index >= 15 is 0 Å². The SMILES string of the molecule is COc1ccccc1Nc1ncccc1C(=O)NCCc1ccc(S(N)(=O)=O)cc1. The normalized spacial score (nSPS) is 11.0. The van der Waals surface area contributed by atoms with Crippen molar-refractivity contribution < 1.29 is 17.9 Å². The number of nitrogens with one attached hydrogen (secondary N) is 2. The highest BCUT2D eigenvalue weighted by atomic mass is 32.2. The van der Waals surface area contributed by atoms with Crippen LogP contribution in [0.1, 0.15) is 15.9 Å². The minimum absolute atomic E-state index is 0.0534. The molecule has 0 bridgehead atoms. The number of para-hydroxylation sites is 2. The number of methoxy groups -OCH3 is 1. The molecule has 0 saturated carbocycles. The van der Waals surface area contributed by atoms with Gasteiger partial charge in [-0.1, -0.05) is 24.3 Å². The number of nitrogens with zero attached hydrogens (tertiary/aromatic N) is 1. The van der Waals surface area contributed by atoms with Crippen molar-refractivity contribution in [3.05, 3.63) is 78.0 Å². The van der Waals surface area contributed by atoms with E-state index in [0.29, 0.717) is 35.8 Å². The molecule has 0 unspecified atom stereocenters. The Morgan fingerprint density at radius 2 is 1.80 bits per heavy atom. The largest absolute Gasteiger partial charge is 0.495 e. The maximum absolute atomic E-state index is 12.7. The van der Waals surface area contributed by atoms with Crippen molar-refractivity contribution in [2.24, 2.45) is 5.14 Å². The number of carbonyl (C=O) groups excluding carboxylic acids is 1. The number of hydrogen-bond donors (Lipinski definition) is 3. The maximum atomic E-state index is 12.7. The number of ether oxygens (including phenoxy) is 1. The third-order valence-corrected chi connectivity index (χ3v) is 5.29. The van der Waals surface area contributed by atoms with Crippen LogP contribution < -0.4 is 20.5 Å². The number of benzene rings is 2. The van der Waals surface area contributed by atoms with Gasteiger partial charge in [0.15, 0.2) is 0 Å². The van der Waals surface area contributed by atoms with Gasteiger partial charge >= 0.3 is 0 Å². The van der Waals surface area contributed by atoms with Gasteiger partial charge < -0.3 is 15.4 Å². The minimum Gasteiger partial charge on any atom is -0.495 e. The van der Waals surface area contributed by atoms with Gasteiger partial charge in [-0.05, 0) is 48.4 Å². The summed E-state index contributed by atoms with van der Waals surface area (Å²) in [7, 11) is -2.15. The summed E-state index contributed by atoms with van der Waals surface area (Å²) in [4.78, 5) is 17.0. The van der Waals surface area contributed by atoms with Crippen LogP contribution in [0.25, 0.3) is 0 Å². The van der Waals surface area contributed by atoms with Gasteiger partial charge in [0, 0.05) is 12.7 Å². The summed E-state index contributed by atoms with van der Waals surface area (Å²) >= 11 is 0. The molecule has 1 aromatic heterocycles. The molecule has 8 nitrogen and oxygen atoms in total. The van der Waals surface area contributed by atoms with Crippen molar-refractivity contribution in [3.8, 4) is 5.75 Å². The Kier molecular flexibility index (Phi) is 6.65. The molecule has 156 valence electrons. The minimum atomic E-state index is -3.72. The molecule has 0 aliphatic rings. The second-order valence-corrected chi connectivity index (χ2v) is 7.98. The van der Waals surface area contributed by atoms with Crippen LogP contribution in [-0.4, -0.2) is 33.0 Å². The van der Waals surface area contributed by atoms with E-state index in [4.69, 9.17) is 9.88 Å². The average molecular weight is 426 g/mol. The van der Waals surface area contributed by atoms with Crippen LogP contribution in [0.5, 0.6) is 5.75 Å². The fraction of sp³-hybridized carbons (Fsp3) is 0.143. The smallest absolute Gasteiger partial charge is 0.255 e. The number of pyridine rings is 1. The first-order valence-electron chi connectivity index (χ1n) is 9.13. The molecule has 0 radical (unpaired) electrons. The monoisotopic (exact) mass is 426 g/mol. The van der Waals surface area contributed by atoms with E-state index < -0.39 is 10.0 Å². The van der Waals surface area contributed by atoms with Crippen molar-refractivity contribution in [2.45, 2.75) is 11.3 Å². The summed E-state index contributed by atoms with van der Waals surface area (Å²) in [5.74, 6) is 0.774. The molecule has 4 N–H and O–H groups in total. The molecule has 0 atom stereocenters. The zero-order valence-corrected chi connectivity index (χ0v) is 17.1. The first-order valence-corrected chi connectivity index (χ1v) is 10.7. The Labute approximate surface area is 175 Å². The molecule has 0 aliphatic carbocycles. The predicted molar refractivity (Wildman–Crippen MR) is 114 cm³/mol. The number of anilines is 2. The lowest BCUT2D eigenvalue weighted by atomic mass is 10.1. The van der Waals surface area contributed by atoms with E-state index in [1.807, 2.05) is 24.3 Å². The van der Waals surface area contributed by atoms with E-state index in [0.717, 1.165) is 5.56 Å². The number of amides is 1. The van der Waals surface area contributed by atoms with E-state index in [1.165, 1.54) is 12.1 Å². The number of carbonyl (C=O) groups is 1. The Hall–Kier alpha value is -3.43. The fourth-order valence-corrected chi connectivity index (χ4v) is 3.34. The highest BCUT2D eigenvalue weighted by molar-refractivity contribution is 7.89. The predicted octanol–water partition coefficient (Wildman–Crippen LogP) is 2.45. The molecule has 9 heteroatoms. The molecule has 3 aromatic rings. The van der Waals surface area contributed by atoms with Gasteiger partial charge in [-0.3, -0.25) is 4.79 Å². The lowest BCUT2D eigenvalue weighted by Crippen LogP contribution is -2.26. The molecular weight excluding hydrogens is 404 g/mol. The lowest BCUT2D eigenvalue weighted by molar-refractivity contribution is 0.0954. The van der Waals surface area contributed by atoms with Gasteiger partial charge in [0.25, 0.3) is 5.91 Å². The highest BCUT2D eigenvalue weighted by Crippen LogP contribution is 2.27. The Morgan fingerprint density at radius 3 is 2.50 bits per heavy atom. The molecule has 0 fully saturated rings. The summed E-state index contributed by atoms with van der Waals surface area (Å²) in [6.45, 7) is 0.372. The lowest BCUT2D eigenvalue weighted by Gasteiger charge is -2.13. The quantitative estimate of drug-likeness (QED) is 0.508. The van der Waals surface area contributed by atoms with Crippen LogP contribution >= 0.6 is 0 Å². The first-order chi connectivity index (χ1) is 14.4. The van der Waals surface area contributed by atoms with Gasteiger partial charge in [-0.15, -0.1) is 0 Å². The Bertz CT molecular complexity index is 1130. The third-order valence-electron chi connectivity index (χ3n) is 4.36. The number of primary sulfonamides is 1. The number of sulfonamides is 1. The van der Waals surface area contributed by atoms with Crippen LogP contribution in [-0.2, 0) is 16.4 Å². The second kappa shape index (κ2) is 9.38. The van der Waals surface area contributed by atoms with Crippen LogP contribution in [0, 0.1) is 0 Å². The fourth-order valence-electron chi connectivity index (χ4n) is 2.83. The highest BCUT2D eigenvalue weighted by Gasteiger charge is 2.14. The molecular formula is C21H22N4O4S. The summed E-state index contributed by atoms with van der Waals surface area (Å²) in [5, 5.41) is 11.1. The molecule has 2 aromatic carbocycles. The van der Waals surface area contributed by atoms with Gasteiger partial charge in [-0.25, -0.2) is 18.5 Å². The molecule has 1 amide bonds. The maximum Gasteiger partial charge on any atom is 0.255 e. The van der Waals surface area contributed by atoms with Crippen molar-refractivity contribution in [1.29, 1.82) is 0 Å². The number of rotatable bonds is 8. The van der Waals surface area contributed by atoms with Crippen LogP contribution in [0.15, 0.2) is 71.8 Å². The summed E-state index contributed by atoms with van der Waals surface area (Å²) in [6, 6.07) is 17.0. The van der Waals surface area contributed by atoms with Crippen LogP contribution in [0.3, 0.4) is 0 Å². The third kappa shape index (κ3) is 5.34. The zero-order valence-electron chi connectivity index (χ0n) is 16.3. The first kappa shape index (κ1) is 21.3. The van der Waals surface area contributed by atoms with E-state index in [2.05, 4.69) is 15.6 Å². The van der Waals surface area contributed by atoms with Crippen molar-refractivity contribution in [1.82, 2.24) is 10.3 Å². The van der Waals surface area contributed by atoms with Crippen LogP contribution in [0.4, 0.5) is 11.5 Å². The molecule has 30 heavy (non-hydrogen) atoms. The average Bonchev–Trinajstić information content (AvgIpc) is 2.74. The van der Waals surface area contributed by atoms with Gasteiger partial charge in [0.05, 0.1) is 23.3 Å². The Morgan fingerprint density at radius 1 is 1.07 bits per heavy atom. The number of hydrogen-bond acceptors (Lipinski definition) is 6. The number of nitrogens with two attached hydrogens (primary N) is 1. The van der Waals surface area contributed by atoms with Gasteiger partial charge in [-0.2, -0.15) is 0 Å². The molecule has 0 aliphatic heterocycles. The van der Waals surface area contributed by atoms with Gasteiger partial charge in [0.1, 0.15) is 11.6 Å². The van der Waals surface area contributed by atoms with Gasteiger partial charge in [0.2, 0.25) is 10.0 Å². The second-order valence-electron chi connectivity index (χ2n) is 6.42.